The van der Waals surface area contributed by atoms with Gasteiger partial charge in [0.05, 0.1) is 7.11 Å². The third-order valence-electron chi connectivity index (χ3n) is 3.80. The zero-order valence-corrected chi connectivity index (χ0v) is 16.4. The van der Waals surface area contributed by atoms with Crippen LogP contribution < -0.4 is 14.8 Å². The second kappa shape index (κ2) is 9.28. The van der Waals surface area contributed by atoms with E-state index < -0.39 is 18.0 Å². The number of benzene rings is 2. The number of carbonyl (C=O) groups is 2. The van der Waals surface area contributed by atoms with Crippen molar-refractivity contribution in [2.45, 2.75) is 26.9 Å². The van der Waals surface area contributed by atoms with Crippen molar-refractivity contribution in [1.29, 1.82) is 0 Å². The van der Waals surface area contributed by atoms with E-state index in [4.69, 9.17) is 25.8 Å². The molecule has 7 heteroatoms. The molecule has 0 saturated carbocycles. The minimum absolute atomic E-state index is 0.340. The van der Waals surface area contributed by atoms with Crippen LogP contribution in [0.2, 0.25) is 5.02 Å². The standard InChI is InChI=1S/C20H22ClNO5/c1-12-5-8-17(18(9-12)25-4)26-11-19(23)27-14(3)20(24)22-16-10-15(21)7-6-13(16)2/h5-10,14H,11H2,1-4H3,(H,22,24). The summed E-state index contributed by atoms with van der Waals surface area (Å²) < 4.78 is 15.8. The first-order valence-corrected chi connectivity index (χ1v) is 8.72. The number of methoxy groups -OCH3 is 1. The van der Waals surface area contributed by atoms with Crippen molar-refractivity contribution in [3.63, 3.8) is 0 Å². The fourth-order valence-electron chi connectivity index (χ4n) is 2.28. The van der Waals surface area contributed by atoms with Gasteiger partial charge in [-0.05, 0) is 56.2 Å². The van der Waals surface area contributed by atoms with E-state index in [1.165, 1.54) is 14.0 Å². The van der Waals surface area contributed by atoms with Crippen molar-refractivity contribution in [1.82, 2.24) is 0 Å². The van der Waals surface area contributed by atoms with Gasteiger partial charge in [0.15, 0.2) is 24.2 Å². The molecule has 2 aromatic carbocycles. The van der Waals surface area contributed by atoms with Gasteiger partial charge in [-0.3, -0.25) is 4.79 Å². The van der Waals surface area contributed by atoms with Crippen molar-refractivity contribution >= 4 is 29.2 Å². The number of anilines is 1. The first kappa shape index (κ1) is 20.6. The monoisotopic (exact) mass is 391 g/mol. The molecule has 27 heavy (non-hydrogen) atoms. The molecule has 1 amide bonds. The Morgan fingerprint density at radius 1 is 1.11 bits per heavy atom. The molecule has 6 nitrogen and oxygen atoms in total. The predicted molar refractivity (Wildman–Crippen MR) is 104 cm³/mol. The molecule has 144 valence electrons. The number of halogens is 1. The highest BCUT2D eigenvalue weighted by Crippen LogP contribution is 2.27. The van der Waals surface area contributed by atoms with E-state index >= 15 is 0 Å². The quantitative estimate of drug-likeness (QED) is 0.724. The number of hydrogen-bond donors (Lipinski definition) is 1. The van der Waals surface area contributed by atoms with Gasteiger partial charge in [0.1, 0.15) is 0 Å². The lowest BCUT2D eigenvalue weighted by atomic mass is 10.2. The molecule has 1 atom stereocenters. The molecule has 0 saturated heterocycles. The first-order chi connectivity index (χ1) is 12.8. The molecule has 0 radical (unpaired) electrons. The summed E-state index contributed by atoms with van der Waals surface area (Å²) in [4.78, 5) is 24.2. The van der Waals surface area contributed by atoms with Gasteiger partial charge in [-0.1, -0.05) is 23.7 Å². The molecule has 2 aromatic rings. The molecule has 0 bridgehead atoms. The maximum atomic E-state index is 12.2. The van der Waals surface area contributed by atoms with E-state index in [1.54, 1.807) is 30.3 Å². The number of aryl methyl sites for hydroxylation is 2. The second-order valence-electron chi connectivity index (χ2n) is 6.02. The number of carbonyl (C=O) groups excluding carboxylic acids is 2. The zero-order valence-electron chi connectivity index (χ0n) is 15.7. The number of nitrogens with one attached hydrogen (secondary N) is 1. The summed E-state index contributed by atoms with van der Waals surface area (Å²) in [6.45, 7) is 4.90. The highest BCUT2D eigenvalue weighted by molar-refractivity contribution is 6.31. The molecule has 0 aliphatic rings. The van der Waals surface area contributed by atoms with Crippen molar-refractivity contribution in [2.24, 2.45) is 0 Å². The Morgan fingerprint density at radius 2 is 1.85 bits per heavy atom. The zero-order chi connectivity index (χ0) is 20.0. The lowest BCUT2D eigenvalue weighted by Gasteiger charge is -2.16. The topological polar surface area (TPSA) is 73.9 Å². The summed E-state index contributed by atoms with van der Waals surface area (Å²) in [7, 11) is 1.52. The van der Waals surface area contributed by atoms with Crippen LogP contribution in [0.4, 0.5) is 5.69 Å². The Kier molecular flexibility index (Phi) is 7.07. The van der Waals surface area contributed by atoms with Gasteiger partial charge in [-0.15, -0.1) is 0 Å². The summed E-state index contributed by atoms with van der Waals surface area (Å²) in [6.07, 6.45) is -0.987. The van der Waals surface area contributed by atoms with Gasteiger partial charge in [0, 0.05) is 10.7 Å². The van der Waals surface area contributed by atoms with Crippen molar-refractivity contribution in [3.05, 3.63) is 52.5 Å². The molecule has 0 heterocycles. The highest BCUT2D eigenvalue weighted by Gasteiger charge is 2.19. The van der Waals surface area contributed by atoms with Crippen molar-refractivity contribution in [2.75, 3.05) is 19.0 Å². The molecular weight excluding hydrogens is 370 g/mol. The van der Waals surface area contributed by atoms with Crippen LogP contribution in [0.3, 0.4) is 0 Å². The maximum Gasteiger partial charge on any atom is 0.344 e. The predicted octanol–water partition coefficient (Wildman–Crippen LogP) is 3.91. The van der Waals surface area contributed by atoms with Crippen LogP contribution in [0.5, 0.6) is 11.5 Å². The third kappa shape index (κ3) is 5.89. The Labute approximate surface area is 163 Å². The number of ether oxygens (including phenoxy) is 3. The van der Waals surface area contributed by atoms with Gasteiger partial charge < -0.3 is 19.5 Å². The average molecular weight is 392 g/mol. The first-order valence-electron chi connectivity index (χ1n) is 8.34. The van der Waals surface area contributed by atoms with Crippen LogP contribution in [-0.4, -0.2) is 31.7 Å². The van der Waals surface area contributed by atoms with Crippen LogP contribution >= 0.6 is 11.6 Å². The molecule has 0 fully saturated rings. The SMILES string of the molecule is COc1cc(C)ccc1OCC(=O)OC(C)C(=O)Nc1cc(Cl)ccc1C. The van der Waals surface area contributed by atoms with Crippen LogP contribution in [0, 0.1) is 13.8 Å². The lowest BCUT2D eigenvalue weighted by molar-refractivity contribution is -0.155. The summed E-state index contributed by atoms with van der Waals surface area (Å²) in [5.41, 5.74) is 2.42. The Hall–Kier alpha value is -2.73. The van der Waals surface area contributed by atoms with E-state index in [9.17, 15) is 9.59 Å². The summed E-state index contributed by atoms with van der Waals surface area (Å²) in [5.74, 6) is -0.179. The van der Waals surface area contributed by atoms with Crippen LogP contribution in [0.1, 0.15) is 18.1 Å². The Morgan fingerprint density at radius 3 is 2.56 bits per heavy atom. The molecule has 1 N–H and O–H groups in total. The summed E-state index contributed by atoms with van der Waals surface area (Å²) in [6, 6.07) is 10.5. The van der Waals surface area contributed by atoms with E-state index in [0.29, 0.717) is 22.2 Å². The van der Waals surface area contributed by atoms with Crippen LogP contribution in [-0.2, 0) is 14.3 Å². The molecule has 0 spiro atoms. The molecular formula is C20H22ClNO5. The minimum Gasteiger partial charge on any atom is -0.493 e. The maximum absolute atomic E-state index is 12.2. The molecule has 0 aliphatic heterocycles. The number of esters is 1. The van der Waals surface area contributed by atoms with Crippen molar-refractivity contribution < 1.29 is 23.8 Å². The normalized spacial score (nSPS) is 11.4. The van der Waals surface area contributed by atoms with E-state index in [1.807, 2.05) is 19.9 Å². The highest BCUT2D eigenvalue weighted by atomic mass is 35.5. The molecule has 2 rings (SSSR count). The number of hydrogen-bond acceptors (Lipinski definition) is 5. The smallest absolute Gasteiger partial charge is 0.344 e. The van der Waals surface area contributed by atoms with Gasteiger partial charge in [0.25, 0.3) is 5.91 Å². The van der Waals surface area contributed by atoms with E-state index in [-0.39, 0.29) is 6.61 Å². The molecule has 0 aliphatic carbocycles. The Balaban J connectivity index is 1.89. The number of rotatable bonds is 7. The fourth-order valence-corrected chi connectivity index (χ4v) is 2.45. The van der Waals surface area contributed by atoms with Gasteiger partial charge in [0.2, 0.25) is 0 Å². The summed E-state index contributed by atoms with van der Waals surface area (Å²) >= 11 is 5.93. The second-order valence-corrected chi connectivity index (χ2v) is 6.46. The summed E-state index contributed by atoms with van der Waals surface area (Å²) in [5, 5.41) is 3.19. The Bertz CT molecular complexity index is 837. The van der Waals surface area contributed by atoms with E-state index in [2.05, 4.69) is 5.32 Å². The molecule has 1 unspecified atom stereocenters. The van der Waals surface area contributed by atoms with Crippen LogP contribution in [0.15, 0.2) is 36.4 Å². The van der Waals surface area contributed by atoms with Gasteiger partial charge >= 0.3 is 5.97 Å². The van der Waals surface area contributed by atoms with Gasteiger partial charge in [-0.25, -0.2) is 4.79 Å². The molecule has 0 aromatic heterocycles. The number of amides is 1. The fraction of sp³-hybridized carbons (Fsp3) is 0.300. The average Bonchev–Trinajstić information content (AvgIpc) is 2.63. The largest absolute Gasteiger partial charge is 0.493 e. The lowest BCUT2D eigenvalue weighted by Crippen LogP contribution is -2.31. The third-order valence-corrected chi connectivity index (χ3v) is 4.03. The van der Waals surface area contributed by atoms with Gasteiger partial charge in [-0.2, -0.15) is 0 Å². The van der Waals surface area contributed by atoms with Crippen molar-refractivity contribution in [3.8, 4) is 11.5 Å². The van der Waals surface area contributed by atoms with Crippen LogP contribution in [0.25, 0.3) is 0 Å². The van der Waals surface area contributed by atoms with E-state index in [0.717, 1.165) is 11.1 Å². The minimum atomic E-state index is -0.987.